The highest BCUT2D eigenvalue weighted by Gasteiger charge is 2.56. The largest absolute Gasteiger partial charge is 0.497 e. The van der Waals surface area contributed by atoms with Gasteiger partial charge >= 0.3 is 0 Å². The highest BCUT2D eigenvalue weighted by atomic mass is 19.1. The molecule has 3 heterocycles. The molecule has 2 aliphatic heterocycles. The molecule has 0 spiro atoms. The third kappa shape index (κ3) is 6.61. The molecular weight excluding hydrogens is 628 g/mol. The number of anilines is 2. The van der Waals surface area contributed by atoms with Crippen molar-refractivity contribution in [3.63, 3.8) is 0 Å². The summed E-state index contributed by atoms with van der Waals surface area (Å²) >= 11 is 0. The van der Waals surface area contributed by atoms with Gasteiger partial charge in [-0.05, 0) is 72.3 Å². The van der Waals surface area contributed by atoms with Crippen molar-refractivity contribution in [1.29, 1.82) is 0 Å². The summed E-state index contributed by atoms with van der Waals surface area (Å²) in [5.41, 5.74) is 2.02. The number of benzene rings is 2. The molecule has 0 amide bonds. The topological polar surface area (TPSA) is 96.2 Å². The lowest BCUT2D eigenvalue weighted by Gasteiger charge is -2.61. The Hall–Kier alpha value is -3.77. The summed E-state index contributed by atoms with van der Waals surface area (Å²) in [4.78, 5) is 28.7. The lowest BCUT2D eigenvalue weighted by molar-refractivity contribution is -0.108. The van der Waals surface area contributed by atoms with Gasteiger partial charge in [-0.15, -0.1) is 0 Å². The second-order valence-corrected chi connectivity index (χ2v) is 14.8. The van der Waals surface area contributed by atoms with E-state index >= 15 is 0 Å². The van der Waals surface area contributed by atoms with Crippen LogP contribution in [0.1, 0.15) is 39.2 Å². The summed E-state index contributed by atoms with van der Waals surface area (Å²) in [5.74, 6) is 3.14. The zero-order valence-electron chi connectivity index (χ0n) is 29.1. The van der Waals surface area contributed by atoms with E-state index in [9.17, 15) is 13.6 Å². The van der Waals surface area contributed by atoms with E-state index in [1.54, 1.807) is 22.8 Å². The monoisotopic (exact) mass is 677 g/mol. The molecular formula is C37H49F2N7O3. The Morgan fingerprint density at radius 3 is 2.69 bits per heavy atom. The van der Waals surface area contributed by atoms with Crippen LogP contribution >= 0.6 is 0 Å². The fourth-order valence-corrected chi connectivity index (χ4v) is 8.48. The molecule has 0 radical (unpaired) electrons. The number of rotatable bonds is 8. The third-order valence-electron chi connectivity index (χ3n) is 11.7. The van der Waals surface area contributed by atoms with Gasteiger partial charge in [0, 0.05) is 51.0 Å². The third-order valence-corrected chi connectivity index (χ3v) is 11.7. The Morgan fingerprint density at radius 1 is 1.16 bits per heavy atom. The minimum atomic E-state index is -0.441. The lowest BCUT2D eigenvalue weighted by Crippen LogP contribution is -2.58. The van der Waals surface area contributed by atoms with Crippen molar-refractivity contribution in [2.75, 3.05) is 69.9 Å². The Morgan fingerprint density at radius 2 is 1.98 bits per heavy atom. The second kappa shape index (κ2) is 13.9. The maximum atomic E-state index is 14.8. The molecule has 1 unspecified atom stereocenters. The first-order valence-electron chi connectivity index (χ1n) is 17.7. The summed E-state index contributed by atoms with van der Waals surface area (Å²) in [6.45, 7) is 11.1. The van der Waals surface area contributed by atoms with Gasteiger partial charge in [-0.2, -0.15) is 0 Å². The molecule has 2 bridgehead atoms. The quantitative estimate of drug-likeness (QED) is 0.262. The SMILES string of the molecule is COc1ccc(CCn2c(N3CCOCC3)nc3cc(NC(=NC4C[C@@H]5C[C@H]([C@@H]4C)C5(C)C)N4CCN[C@@H](CF)C4)ccc3c2=O)c(F)c1. The van der Waals surface area contributed by atoms with Gasteiger partial charge in [0.2, 0.25) is 5.95 Å². The molecule has 2 aromatic carbocycles. The standard InChI is InChI=1S/C37H49F2N7O3/c1-23-30-17-25(37(30,2)3)18-32(23)42-35(45-12-10-40-27(21-38)22-45)41-26-6-8-29-33(19-26)43-36(44-13-15-49-16-14-44)46(34(29)47)11-9-24-5-7-28(48-4)20-31(24)39/h5-8,19-20,23,25,27,30,32,40H,9-18,21-22H2,1-4H3,(H,41,42)/t23-,25-,27-,30+,32?/m0/s1. The van der Waals surface area contributed by atoms with E-state index in [1.165, 1.54) is 19.6 Å². The van der Waals surface area contributed by atoms with Crippen LogP contribution in [0.2, 0.25) is 0 Å². The number of aromatic nitrogens is 2. The van der Waals surface area contributed by atoms with Crippen LogP contribution < -0.4 is 25.8 Å². The number of guanidine groups is 1. The average molecular weight is 678 g/mol. The van der Waals surface area contributed by atoms with E-state index in [2.05, 4.69) is 41.2 Å². The maximum Gasteiger partial charge on any atom is 0.262 e. The molecule has 8 rings (SSSR count). The zero-order valence-corrected chi connectivity index (χ0v) is 29.1. The van der Waals surface area contributed by atoms with Gasteiger partial charge < -0.3 is 29.9 Å². The van der Waals surface area contributed by atoms with E-state index in [1.807, 2.05) is 12.1 Å². The Labute approximate surface area is 286 Å². The Kier molecular flexibility index (Phi) is 9.54. The number of fused-ring (bicyclic) bond motifs is 3. The number of aryl methyl sites for hydroxylation is 1. The number of nitrogens with zero attached hydrogens (tertiary/aromatic N) is 5. The fraction of sp³-hybridized carbons (Fsp3) is 0.595. The number of hydrogen-bond acceptors (Lipinski definition) is 7. The van der Waals surface area contributed by atoms with Gasteiger partial charge in [0.25, 0.3) is 5.56 Å². The summed E-state index contributed by atoms with van der Waals surface area (Å²) in [7, 11) is 1.50. The van der Waals surface area contributed by atoms with Gasteiger partial charge in [-0.3, -0.25) is 9.36 Å². The molecule has 10 nitrogen and oxygen atoms in total. The van der Waals surface area contributed by atoms with E-state index in [4.69, 9.17) is 19.5 Å². The van der Waals surface area contributed by atoms with Crippen molar-refractivity contribution in [2.45, 2.75) is 58.7 Å². The summed E-state index contributed by atoms with van der Waals surface area (Å²) in [6, 6.07) is 10.3. The van der Waals surface area contributed by atoms with Gasteiger partial charge in [-0.1, -0.05) is 26.8 Å². The van der Waals surface area contributed by atoms with Crippen LogP contribution in [-0.4, -0.2) is 92.2 Å². The number of ether oxygens (including phenoxy) is 2. The van der Waals surface area contributed by atoms with E-state index in [0.29, 0.717) is 104 Å². The van der Waals surface area contributed by atoms with Gasteiger partial charge in [0.15, 0.2) is 5.96 Å². The van der Waals surface area contributed by atoms with Crippen LogP contribution in [0.4, 0.5) is 20.4 Å². The number of alkyl halides is 1. The fourth-order valence-electron chi connectivity index (χ4n) is 8.48. The summed E-state index contributed by atoms with van der Waals surface area (Å²) in [5, 5.41) is 7.35. The smallest absolute Gasteiger partial charge is 0.262 e. The summed E-state index contributed by atoms with van der Waals surface area (Å²) in [6.07, 6.45) is 2.65. The predicted octanol–water partition coefficient (Wildman–Crippen LogP) is 4.71. The predicted molar refractivity (Wildman–Crippen MR) is 189 cm³/mol. The maximum absolute atomic E-state index is 14.8. The molecule has 2 N–H and O–H groups in total. The summed E-state index contributed by atoms with van der Waals surface area (Å²) < 4.78 is 41.1. The van der Waals surface area contributed by atoms with Crippen LogP contribution in [0.15, 0.2) is 46.2 Å². The number of halogens is 2. The molecule has 264 valence electrons. The molecule has 2 saturated heterocycles. The van der Waals surface area contributed by atoms with Crippen molar-refractivity contribution in [2.24, 2.45) is 28.2 Å². The Balaban J connectivity index is 1.21. The van der Waals surface area contributed by atoms with Crippen LogP contribution in [0.5, 0.6) is 5.75 Å². The minimum Gasteiger partial charge on any atom is -0.497 e. The number of methoxy groups -OCH3 is 1. The lowest BCUT2D eigenvalue weighted by atomic mass is 9.45. The van der Waals surface area contributed by atoms with Crippen molar-refractivity contribution in [1.82, 2.24) is 19.8 Å². The highest BCUT2D eigenvalue weighted by molar-refractivity contribution is 5.96. The number of nitrogens with one attached hydrogen (secondary N) is 2. The molecule has 5 atom stereocenters. The van der Waals surface area contributed by atoms with Crippen LogP contribution in [0.25, 0.3) is 10.9 Å². The van der Waals surface area contributed by atoms with Crippen LogP contribution in [0, 0.1) is 29.0 Å². The second-order valence-electron chi connectivity index (χ2n) is 14.8. The van der Waals surface area contributed by atoms with Gasteiger partial charge in [0.1, 0.15) is 18.2 Å². The number of aliphatic imine (C=N–C) groups is 1. The zero-order chi connectivity index (χ0) is 34.3. The first-order chi connectivity index (χ1) is 23.7. The molecule has 5 fully saturated rings. The molecule has 3 saturated carbocycles. The van der Waals surface area contributed by atoms with Crippen molar-refractivity contribution in [3.8, 4) is 5.75 Å². The minimum absolute atomic E-state index is 0.174. The average Bonchev–Trinajstić information content (AvgIpc) is 3.12. The molecule has 5 aliphatic rings. The Bertz CT molecular complexity index is 1760. The molecule has 3 aliphatic carbocycles. The van der Waals surface area contributed by atoms with Gasteiger partial charge in [0.05, 0.1) is 43.3 Å². The van der Waals surface area contributed by atoms with Crippen molar-refractivity contribution >= 4 is 28.5 Å². The van der Waals surface area contributed by atoms with Crippen LogP contribution in [-0.2, 0) is 17.7 Å². The van der Waals surface area contributed by atoms with Crippen molar-refractivity contribution in [3.05, 3.63) is 58.1 Å². The number of morpholine rings is 1. The molecule has 49 heavy (non-hydrogen) atoms. The molecule has 12 heteroatoms. The van der Waals surface area contributed by atoms with E-state index < -0.39 is 6.67 Å². The van der Waals surface area contributed by atoms with E-state index in [0.717, 1.165) is 18.1 Å². The molecule has 1 aromatic heterocycles. The first kappa shape index (κ1) is 33.7. The highest BCUT2D eigenvalue weighted by Crippen LogP contribution is 2.61. The number of hydrogen-bond donors (Lipinski definition) is 2. The number of piperazine rings is 1. The molecule has 3 aromatic rings. The van der Waals surface area contributed by atoms with Crippen molar-refractivity contribution < 1.29 is 18.3 Å². The first-order valence-corrected chi connectivity index (χ1v) is 17.7. The normalized spacial score (nSPS) is 26.8. The van der Waals surface area contributed by atoms with Crippen LogP contribution in [0.3, 0.4) is 0 Å². The van der Waals surface area contributed by atoms with Gasteiger partial charge in [-0.25, -0.2) is 18.8 Å². The van der Waals surface area contributed by atoms with E-state index in [-0.39, 0.29) is 30.0 Å².